The van der Waals surface area contributed by atoms with Crippen molar-refractivity contribution in [3.05, 3.63) is 48.3 Å². The number of hydrogen-bond acceptors (Lipinski definition) is 6. The van der Waals surface area contributed by atoms with Crippen molar-refractivity contribution in [2.75, 3.05) is 37.7 Å². The van der Waals surface area contributed by atoms with Crippen LogP contribution in [0.5, 0.6) is 5.75 Å². The van der Waals surface area contributed by atoms with Crippen LogP contribution < -0.4 is 15.0 Å². The summed E-state index contributed by atoms with van der Waals surface area (Å²) in [5, 5.41) is 3.22. The zero-order chi connectivity index (χ0) is 18.6. The van der Waals surface area contributed by atoms with Gasteiger partial charge in [0.15, 0.2) is 0 Å². The highest BCUT2D eigenvalue weighted by atomic mass is 16.5. The highest BCUT2D eigenvalue weighted by Crippen LogP contribution is 2.31. The van der Waals surface area contributed by atoms with Crippen LogP contribution in [0.1, 0.15) is 24.9 Å². The molecule has 1 amide bonds. The molecule has 7 heteroatoms. The van der Waals surface area contributed by atoms with Crippen molar-refractivity contribution in [3.63, 3.8) is 0 Å². The largest absolute Gasteiger partial charge is 0.493 e. The van der Waals surface area contributed by atoms with E-state index in [1.807, 2.05) is 37.3 Å². The quantitative estimate of drug-likeness (QED) is 0.886. The number of para-hydroxylation sites is 1. The van der Waals surface area contributed by atoms with Gasteiger partial charge in [-0.05, 0) is 19.1 Å². The van der Waals surface area contributed by atoms with Crippen molar-refractivity contribution < 1.29 is 9.53 Å². The van der Waals surface area contributed by atoms with E-state index in [2.05, 4.69) is 25.1 Å². The fourth-order valence-corrected chi connectivity index (χ4v) is 3.71. The van der Waals surface area contributed by atoms with Gasteiger partial charge in [-0.25, -0.2) is 9.97 Å². The predicted octanol–water partition coefficient (Wildman–Crippen LogP) is 1.63. The highest BCUT2D eigenvalue weighted by molar-refractivity contribution is 5.82. The molecule has 2 aliphatic heterocycles. The Morgan fingerprint density at radius 3 is 2.67 bits per heavy atom. The SMILES string of the molecule is CC(C(=O)NC1CCOc2ccccc21)N1CCN(c2ncccn2)CC1. The summed E-state index contributed by atoms with van der Waals surface area (Å²) in [7, 11) is 0. The molecule has 0 spiro atoms. The monoisotopic (exact) mass is 367 g/mol. The Hall–Kier alpha value is -2.67. The van der Waals surface area contributed by atoms with Gasteiger partial charge in [-0.15, -0.1) is 0 Å². The first-order chi connectivity index (χ1) is 13.2. The van der Waals surface area contributed by atoms with Gasteiger partial charge in [-0.3, -0.25) is 9.69 Å². The molecule has 27 heavy (non-hydrogen) atoms. The molecule has 1 saturated heterocycles. The maximum absolute atomic E-state index is 12.8. The van der Waals surface area contributed by atoms with Crippen LogP contribution in [0.3, 0.4) is 0 Å². The average molecular weight is 367 g/mol. The van der Waals surface area contributed by atoms with Gasteiger partial charge in [0.2, 0.25) is 11.9 Å². The van der Waals surface area contributed by atoms with E-state index in [0.717, 1.165) is 49.9 Å². The minimum atomic E-state index is -0.168. The molecule has 7 nitrogen and oxygen atoms in total. The molecule has 0 saturated carbocycles. The van der Waals surface area contributed by atoms with Crippen LogP contribution in [0.2, 0.25) is 0 Å². The van der Waals surface area contributed by atoms with E-state index in [4.69, 9.17) is 4.74 Å². The van der Waals surface area contributed by atoms with Crippen molar-refractivity contribution in [2.24, 2.45) is 0 Å². The van der Waals surface area contributed by atoms with Crippen LogP contribution in [0.25, 0.3) is 0 Å². The molecule has 1 aromatic heterocycles. The summed E-state index contributed by atoms with van der Waals surface area (Å²) in [4.78, 5) is 25.8. The number of aromatic nitrogens is 2. The third kappa shape index (κ3) is 3.88. The number of piperazine rings is 1. The molecule has 0 radical (unpaired) electrons. The second-order valence-corrected chi connectivity index (χ2v) is 6.98. The minimum Gasteiger partial charge on any atom is -0.493 e. The summed E-state index contributed by atoms with van der Waals surface area (Å²) in [6.45, 7) is 5.89. The van der Waals surface area contributed by atoms with Crippen LogP contribution in [0, 0.1) is 0 Å². The smallest absolute Gasteiger partial charge is 0.237 e. The lowest BCUT2D eigenvalue weighted by molar-refractivity contribution is -0.127. The number of fused-ring (bicyclic) bond motifs is 1. The second-order valence-electron chi connectivity index (χ2n) is 6.98. The number of amides is 1. The number of carbonyl (C=O) groups is 1. The van der Waals surface area contributed by atoms with Crippen molar-refractivity contribution in [3.8, 4) is 5.75 Å². The summed E-state index contributed by atoms with van der Waals surface area (Å²) in [5.74, 6) is 1.70. The van der Waals surface area contributed by atoms with E-state index in [-0.39, 0.29) is 18.0 Å². The Morgan fingerprint density at radius 2 is 1.89 bits per heavy atom. The molecule has 0 aliphatic carbocycles. The molecule has 4 rings (SSSR count). The number of nitrogens with one attached hydrogen (secondary N) is 1. The normalized spacial score (nSPS) is 21.1. The summed E-state index contributed by atoms with van der Waals surface area (Å²) in [6, 6.07) is 9.61. The molecule has 1 fully saturated rings. The zero-order valence-corrected chi connectivity index (χ0v) is 15.5. The first kappa shape index (κ1) is 17.7. The molecular formula is C20H25N5O2. The Labute approximate surface area is 159 Å². The van der Waals surface area contributed by atoms with Gasteiger partial charge < -0.3 is 15.0 Å². The predicted molar refractivity (Wildman–Crippen MR) is 103 cm³/mol. The standard InChI is InChI=1S/C20H25N5O2/c1-15(24-10-12-25(13-11-24)20-21-8-4-9-22-20)19(26)23-17-7-14-27-18-6-3-2-5-16(17)18/h2-6,8-9,15,17H,7,10-14H2,1H3,(H,23,26). The lowest BCUT2D eigenvalue weighted by atomic mass is 10.00. The summed E-state index contributed by atoms with van der Waals surface area (Å²) < 4.78 is 5.69. The minimum absolute atomic E-state index is 0.0175. The topological polar surface area (TPSA) is 70.6 Å². The summed E-state index contributed by atoms with van der Waals surface area (Å²) in [6.07, 6.45) is 4.32. The fraction of sp³-hybridized carbons (Fsp3) is 0.450. The van der Waals surface area contributed by atoms with Gasteiger partial charge in [-0.1, -0.05) is 18.2 Å². The molecule has 2 aromatic rings. The first-order valence-corrected chi connectivity index (χ1v) is 9.50. The van der Waals surface area contributed by atoms with Crippen LogP contribution in [0.15, 0.2) is 42.7 Å². The van der Waals surface area contributed by atoms with Crippen molar-refractivity contribution in [1.29, 1.82) is 0 Å². The van der Waals surface area contributed by atoms with Gasteiger partial charge in [0, 0.05) is 50.6 Å². The summed E-state index contributed by atoms with van der Waals surface area (Å²) >= 11 is 0. The number of benzene rings is 1. The van der Waals surface area contributed by atoms with Crippen molar-refractivity contribution >= 4 is 11.9 Å². The third-order valence-electron chi connectivity index (χ3n) is 5.35. The molecular weight excluding hydrogens is 342 g/mol. The Morgan fingerprint density at radius 1 is 1.15 bits per heavy atom. The van der Waals surface area contributed by atoms with Crippen molar-refractivity contribution in [1.82, 2.24) is 20.2 Å². The lowest BCUT2D eigenvalue weighted by Crippen LogP contribution is -2.54. The molecule has 2 aliphatic rings. The summed E-state index contributed by atoms with van der Waals surface area (Å²) in [5.41, 5.74) is 1.07. The number of hydrogen-bond donors (Lipinski definition) is 1. The van der Waals surface area contributed by atoms with Crippen LogP contribution >= 0.6 is 0 Å². The molecule has 0 bridgehead atoms. The van der Waals surface area contributed by atoms with Gasteiger partial charge in [0.05, 0.1) is 18.7 Å². The number of anilines is 1. The van der Waals surface area contributed by atoms with E-state index in [1.165, 1.54) is 0 Å². The number of rotatable bonds is 4. The Bertz CT molecular complexity index is 777. The second kappa shape index (κ2) is 7.92. The fourth-order valence-electron chi connectivity index (χ4n) is 3.71. The molecule has 2 atom stereocenters. The van der Waals surface area contributed by atoms with Gasteiger partial charge in [-0.2, -0.15) is 0 Å². The average Bonchev–Trinajstić information content (AvgIpc) is 2.74. The van der Waals surface area contributed by atoms with Crippen LogP contribution in [-0.2, 0) is 4.79 Å². The lowest BCUT2D eigenvalue weighted by Gasteiger charge is -2.38. The zero-order valence-electron chi connectivity index (χ0n) is 15.5. The van der Waals surface area contributed by atoms with E-state index in [1.54, 1.807) is 12.4 Å². The molecule has 142 valence electrons. The van der Waals surface area contributed by atoms with Crippen molar-refractivity contribution in [2.45, 2.75) is 25.4 Å². The number of carbonyl (C=O) groups excluding carboxylic acids is 1. The van der Waals surface area contributed by atoms with Gasteiger partial charge in [0.1, 0.15) is 5.75 Å². The number of ether oxygens (including phenoxy) is 1. The van der Waals surface area contributed by atoms with E-state index >= 15 is 0 Å². The van der Waals surface area contributed by atoms with E-state index in [0.29, 0.717) is 6.61 Å². The van der Waals surface area contributed by atoms with Gasteiger partial charge >= 0.3 is 0 Å². The maximum Gasteiger partial charge on any atom is 0.237 e. The Balaban J connectivity index is 1.34. The molecule has 2 unspecified atom stereocenters. The third-order valence-corrected chi connectivity index (χ3v) is 5.35. The molecule has 1 aromatic carbocycles. The maximum atomic E-state index is 12.8. The highest BCUT2D eigenvalue weighted by Gasteiger charge is 2.29. The number of nitrogens with zero attached hydrogens (tertiary/aromatic N) is 4. The van der Waals surface area contributed by atoms with E-state index < -0.39 is 0 Å². The first-order valence-electron chi connectivity index (χ1n) is 9.50. The Kier molecular flexibility index (Phi) is 5.20. The molecule has 1 N–H and O–H groups in total. The van der Waals surface area contributed by atoms with E-state index in [9.17, 15) is 4.79 Å². The van der Waals surface area contributed by atoms with Crippen LogP contribution in [-0.4, -0.2) is 59.6 Å². The van der Waals surface area contributed by atoms with Gasteiger partial charge in [0.25, 0.3) is 0 Å². The van der Waals surface area contributed by atoms with Crippen LogP contribution in [0.4, 0.5) is 5.95 Å². The molecule has 3 heterocycles.